The Balaban J connectivity index is 2.07. The second-order valence-corrected chi connectivity index (χ2v) is 4.96. The van der Waals surface area contributed by atoms with Gasteiger partial charge in [0.1, 0.15) is 11.2 Å². The van der Waals surface area contributed by atoms with E-state index in [2.05, 4.69) is 5.32 Å². The summed E-state index contributed by atoms with van der Waals surface area (Å²) >= 11 is 6.12. The summed E-state index contributed by atoms with van der Waals surface area (Å²) in [5.74, 6) is -0.681. The van der Waals surface area contributed by atoms with Gasteiger partial charge in [0.05, 0.1) is 6.04 Å². The van der Waals surface area contributed by atoms with Gasteiger partial charge in [-0.15, -0.1) is 11.6 Å². The molecule has 0 heterocycles. The van der Waals surface area contributed by atoms with Crippen LogP contribution in [0.2, 0.25) is 0 Å². The van der Waals surface area contributed by atoms with E-state index in [1.165, 1.54) is 6.07 Å². The van der Waals surface area contributed by atoms with Gasteiger partial charge in [-0.05, 0) is 18.6 Å². The van der Waals surface area contributed by atoms with Crippen LogP contribution < -0.4 is 5.32 Å². The minimum absolute atomic E-state index is 0.339. The van der Waals surface area contributed by atoms with Gasteiger partial charge in [-0.1, -0.05) is 48.5 Å². The first kappa shape index (κ1) is 14.5. The van der Waals surface area contributed by atoms with Gasteiger partial charge in [0, 0.05) is 5.56 Å². The molecule has 104 valence electrons. The van der Waals surface area contributed by atoms with Crippen LogP contribution in [0.15, 0.2) is 54.6 Å². The highest BCUT2D eigenvalue weighted by Crippen LogP contribution is 2.22. The van der Waals surface area contributed by atoms with E-state index < -0.39 is 11.4 Å². The molecule has 0 saturated carbocycles. The number of hydrogen-bond donors (Lipinski definition) is 1. The lowest BCUT2D eigenvalue weighted by Gasteiger charge is -2.17. The number of alkyl halides is 1. The molecule has 2 unspecified atom stereocenters. The molecular formula is C16H15ClFNO. The van der Waals surface area contributed by atoms with Gasteiger partial charge in [-0.2, -0.15) is 0 Å². The fourth-order valence-electron chi connectivity index (χ4n) is 1.96. The van der Waals surface area contributed by atoms with Crippen molar-refractivity contribution >= 4 is 17.5 Å². The third kappa shape index (κ3) is 3.36. The molecule has 2 nitrogen and oxygen atoms in total. The molecule has 1 amide bonds. The quantitative estimate of drug-likeness (QED) is 0.848. The molecule has 0 saturated heterocycles. The molecule has 0 fully saturated rings. The van der Waals surface area contributed by atoms with Gasteiger partial charge in [0.2, 0.25) is 5.91 Å². The van der Waals surface area contributed by atoms with E-state index in [9.17, 15) is 9.18 Å². The molecule has 1 N–H and O–H groups in total. The second-order valence-electron chi connectivity index (χ2n) is 4.53. The molecule has 0 spiro atoms. The first-order valence-corrected chi connectivity index (χ1v) is 6.77. The van der Waals surface area contributed by atoms with E-state index in [0.717, 1.165) is 0 Å². The van der Waals surface area contributed by atoms with Crippen molar-refractivity contribution in [3.63, 3.8) is 0 Å². The Morgan fingerprint density at radius 1 is 1.10 bits per heavy atom. The maximum Gasteiger partial charge on any atom is 0.243 e. The maximum absolute atomic E-state index is 13.6. The van der Waals surface area contributed by atoms with Gasteiger partial charge in [0.15, 0.2) is 0 Å². The number of amides is 1. The summed E-state index contributed by atoms with van der Waals surface area (Å²) in [6.07, 6.45) is 0. The molecule has 0 radical (unpaired) electrons. The zero-order chi connectivity index (χ0) is 14.5. The Morgan fingerprint density at radius 3 is 2.35 bits per heavy atom. The van der Waals surface area contributed by atoms with Crippen LogP contribution in [0, 0.1) is 5.82 Å². The van der Waals surface area contributed by atoms with Crippen molar-refractivity contribution in [2.45, 2.75) is 18.3 Å². The van der Waals surface area contributed by atoms with Gasteiger partial charge < -0.3 is 5.32 Å². The Bertz CT molecular complexity index is 588. The van der Waals surface area contributed by atoms with E-state index in [1.54, 1.807) is 37.3 Å². The SMILES string of the molecule is CC(NC(=O)C(Cl)c1ccccc1)c1ccccc1F. The van der Waals surface area contributed by atoms with E-state index in [-0.39, 0.29) is 11.7 Å². The maximum atomic E-state index is 13.6. The van der Waals surface area contributed by atoms with Crippen LogP contribution in [0.25, 0.3) is 0 Å². The van der Waals surface area contributed by atoms with Crippen LogP contribution in [0.1, 0.15) is 29.5 Å². The molecule has 4 heteroatoms. The van der Waals surface area contributed by atoms with Crippen LogP contribution >= 0.6 is 11.6 Å². The Kier molecular flexibility index (Phi) is 4.74. The van der Waals surface area contributed by atoms with Gasteiger partial charge in [-0.3, -0.25) is 4.79 Å². The summed E-state index contributed by atoms with van der Waals surface area (Å²) in [6.45, 7) is 1.73. The lowest BCUT2D eigenvalue weighted by molar-refractivity contribution is -0.121. The highest BCUT2D eigenvalue weighted by Gasteiger charge is 2.20. The molecule has 2 rings (SSSR count). The summed E-state index contributed by atoms with van der Waals surface area (Å²) in [4.78, 5) is 12.1. The lowest BCUT2D eigenvalue weighted by atomic mass is 10.1. The normalized spacial score (nSPS) is 13.6. The van der Waals surface area contributed by atoms with E-state index >= 15 is 0 Å². The Morgan fingerprint density at radius 2 is 1.70 bits per heavy atom. The van der Waals surface area contributed by atoms with E-state index in [0.29, 0.717) is 11.1 Å². The standard InChI is InChI=1S/C16H15ClFNO/c1-11(13-9-5-6-10-14(13)18)19-16(20)15(17)12-7-3-2-4-8-12/h2-11,15H,1H3,(H,19,20). The topological polar surface area (TPSA) is 29.1 Å². The number of nitrogens with one attached hydrogen (secondary N) is 1. The summed E-state index contributed by atoms with van der Waals surface area (Å²) in [5, 5.41) is 1.94. The molecule has 20 heavy (non-hydrogen) atoms. The molecule has 2 aromatic rings. The predicted molar refractivity (Wildman–Crippen MR) is 78.0 cm³/mol. The molecular weight excluding hydrogens is 277 g/mol. The van der Waals surface area contributed by atoms with Crippen molar-refractivity contribution in [1.29, 1.82) is 0 Å². The average Bonchev–Trinajstić information content (AvgIpc) is 2.47. The minimum Gasteiger partial charge on any atom is -0.348 e. The van der Waals surface area contributed by atoms with Crippen molar-refractivity contribution in [1.82, 2.24) is 5.32 Å². The second kappa shape index (κ2) is 6.53. The Hall–Kier alpha value is -1.87. The van der Waals surface area contributed by atoms with Crippen LogP contribution in [0.4, 0.5) is 4.39 Å². The third-order valence-corrected chi connectivity index (χ3v) is 3.50. The van der Waals surface area contributed by atoms with Gasteiger partial charge in [0.25, 0.3) is 0 Å². The third-order valence-electron chi connectivity index (χ3n) is 3.05. The molecule has 0 bridgehead atoms. The van der Waals surface area contributed by atoms with Crippen LogP contribution in [-0.4, -0.2) is 5.91 Å². The van der Waals surface area contributed by atoms with Crippen molar-refractivity contribution in [3.05, 3.63) is 71.5 Å². The van der Waals surface area contributed by atoms with Crippen molar-refractivity contribution in [2.75, 3.05) is 0 Å². The van der Waals surface area contributed by atoms with Gasteiger partial charge in [-0.25, -0.2) is 4.39 Å². The fourth-order valence-corrected chi connectivity index (χ4v) is 2.17. The highest BCUT2D eigenvalue weighted by molar-refractivity contribution is 6.30. The molecule has 0 aromatic heterocycles. The molecule has 0 aliphatic carbocycles. The molecule has 0 aliphatic rings. The average molecular weight is 292 g/mol. The molecule has 2 atom stereocenters. The summed E-state index contributed by atoms with van der Waals surface area (Å²) in [7, 11) is 0. The number of halogens is 2. The minimum atomic E-state index is -0.787. The monoisotopic (exact) mass is 291 g/mol. The van der Waals surface area contributed by atoms with E-state index in [4.69, 9.17) is 11.6 Å². The zero-order valence-electron chi connectivity index (χ0n) is 11.0. The Labute approximate surface area is 122 Å². The van der Waals surface area contributed by atoms with Crippen LogP contribution in [-0.2, 0) is 4.79 Å². The fraction of sp³-hybridized carbons (Fsp3) is 0.188. The van der Waals surface area contributed by atoms with Crippen molar-refractivity contribution < 1.29 is 9.18 Å². The van der Waals surface area contributed by atoms with Crippen LogP contribution in [0.3, 0.4) is 0 Å². The molecule has 2 aromatic carbocycles. The van der Waals surface area contributed by atoms with E-state index in [1.807, 2.05) is 18.2 Å². The number of rotatable bonds is 4. The number of carbonyl (C=O) groups is 1. The van der Waals surface area contributed by atoms with Gasteiger partial charge >= 0.3 is 0 Å². The summed E-state index contributed by atoms with van der Waals surface area (Å²) < 4.78 is 13.6. The largest absolute Gasteiger partial charge is 0.348 e. The number of hydrogen-bond acceptors (Lipinski definition) is 1. The lowest BCUT2D eigenvalue weighted by Crippen LogP contribution is -2.30. The number of carbonyl (C=O) groups excluding carboxylic acids is 1. The summed E-state index contributed by atoms with van der Waals surface area (Å²) in [5.41, 5.74) is 1.16. The highest BCUT2D eigenvalue weighted by atomic mass is 35.5. The smallest absolute Gasteiger partial charge is 0.243 e. The van der Waals surface area contributed by atoms with Crippen LogP contribution in [0.5, 0.6) is 0 Å². The predicted octanol–water partition coefficient (Wildman–Crippen LogP) is 3.98. The molecule has 0 aliphatic heterocycles. The number of benzene rings is 2. The first-order chi connectivity index (χ1) is 9.59. The summed E-state index contributed by atoms with van der Waals surface area (Å²) in [6, 6.07) is 15.0. The first-order valence-electron chi connectivity index (χ1n) is 6.33. The van der Waals surface area contributed by atoms with Crippen molar-refractivity contribution in [3.8, 4) is 0 Å². The zero-order valence-corrected chi connectivity index (χ0v) is 11.8. The van der Waals surface area contributed by atoms with Crippen molar-refractivity contribution in [2.24, 2.45) is 0 Å².